The van der Waals surface area contributed by atoms with Gasteiger partial charge in [-0.05, 0) is 30.4 Å². The molecule has 16 heavy (non-hydrogen) atoms. The molecule has 2 N–H and O–H groups in total. The van der Waals surface area contributed by atoms with Gasteiger partial charge in [0.2, 0.25) is 0 Å². The number of aliphatic hydroxyl groups is 1. The molecule has 0 aromatic heterocycles. The van der Waals surface area contributed by atoms with Crippen molar-refractivity contribution < 1.29 is 5.11 Å². The molecule has 0 aliphatic heterocycles. The van der Waals surface area contributed by atoms with Crippen molar-refractivity contribution in [2.45, 2.75) is 39.8 Å². The Labute approximate surface area is 98.7 Å². The van der Waals surface area contributed by atoms with Crippen LogP contribution in [0.5, 0.6) is 0 Å². The molecule has 1 atom stereocenters. The van der Waals surface area contributed by atoms with E-state index >= 15 is 0 Å². The SMILES string of the molecule is CC(C)Cc1ccc(CN[C@H](C)CO)cc1. The zero-order chi connectivity index (χ0) is 12.0. The Morgan fingerprint density at radius 2 is 1.62 bits per heavy atom. The lowest BCUT2D eigenvalue weighted by atomic mass is 10.0. The fourth-order valence-corrected chi connectivity index (χ4v) is 1.62. The minimum absolute atomic E-state index is 0.162. The molecule has 0 heterocycles. The van der Waals surface area contributed by atoms with Crippen LogP contribution in [0.4, 0.5) is 0 Å². The van der Waals surface area contributed by atoms with Crippen molar-refractivity contribution in [1.29, 1.82) is 0 Å². The lowest BCUT2D eigenvalue weighted by molar-refractivity contribution is 0.251. The molecule has 1 aromatic rings. The number of benzene rings is 1. The van der Waals surface area contributed by atoms with Gasteiger partial charge < -0.3 is 10.4 Å². The van der Waals surface area contributed by atoms with Crippen molar-refractivity contribution in [3.05, 3.63) is 35.4 Å². The Hall–Kier alpha value is -0.860. The molecule has 0 radical (unpaired) electrons. The predicted octanol–water partition coefficient (Wildman–Crippen LogP) is 2.36. The van der Waals surface area contributed by atoms with E-state index in [1.165, 1.54) is 11.1 Å². The number of nitrogens with one attached hydrogen (secondary N) is 1. The maximum absolute atomic E-state index is 8.89. The van der Waals surface area contributed by atoms with Gasteiger partial charge in [0, 0.05) is 12.6 Å². The van der Waals surface area contributed by atoms with Crippen LogP contribution in [0.25, 0.3) is 0 Å². The number of hydrogen-bond donors (Lipinski definition) is 2. The van der Waals surface area contributed by atoms with E-state index in [1.54, 1.807) is 0 Å². The smallest absolute Gasteiger partial charge is 0.0582 e. The molecular formula is C14H23NO. The van der Waals surface area contributed by atoms with E-state index in [2.05, 4.69) is 43.4 Å². The Balaban J connectivity index is 2.45. The highest BCUT2D eigenvalue weighted by atomic mass is 16.3. The molecule has 0 amide bonds. The van der Waals surface area contributed by atoms with Crippen LogP contribution in [0.15, 0.2) is 24.3 Å². The largest absolute Gasteiger partial charge is 0.395 e. The number of rotatable bonds is 6. The molecule has 0 spiro atoms. The number of hydrogen-bond acceptors (Lipinski definition) is 2. The van der Waals surface area contributed by atoms with Gasteiger partial charge in [-0.2, -0.15) is 0 Å². The van der Waals surface area contributed by atoms with Gasteiger partial charge in [-0.15, -0.1) is 0 Å². The van der Waals surface area contributed by atoms with Gasteiger partial charge in [-0.1, -0.05) is 38.1 Å². The van der Waals surface area contributed by atoms with Crippen molar-refractivity contribution in [1.82, 2.24) is 5.32 Å². The third-order valence-corrected chi connectivity index (χ3v) is 2.60. The second-order valence-electron chi connectivity index (χ2n) is 4.88. The Bertz CT molecular complexity index is 292. The van der Waals surface area contributed by atoms with Crippen molar-refractivity contribution in [2.24, 2.45) is 5.92 Å². The van der Waals surface area contributed by atoms with Crippen LogP contribution < -0.4 is 5.32 Å². The summed E-state index contributed by atoms with van der Waals surface area (Å²) >= 11 is 0. The van der Waals surface area contributed by atoms with E-state index in [9.17, 15) is 0 Å². The van der Waals surface area contributed by atoms with E-state index in [0.29, 0.717) is 5.92 Å². The van der Waals surface area contributed by atoms with Gasteiger partial charge in [0.25, 0.3) is 0 Å². The third kappa shape index (κ3) is 4.77. The van der Waals surface area contributed by atoms with Gasteiger partial charge in [-0.25, -0.2) is 0 Å². The average molecular weight is 221 g/mol. The molecule has 0 saturated carbocycles. The maximum atomic E-state index is 8.89. The molecule has 1 rings (SSSR count). The monoisotopic (exact) mass is 221 g/mol. The van der Waals surface area contributed by atoms with E-state index in [1.807, 2.05) is 6.92 Å². The van der Waals surface area contributed by atoms with E-state index in [-0.39, 0.29) is 12.6 Å². The van der Waals surface area contributed by atoms with Crippen LogP contribution in [0.1, 0.15) is 31.9 Å². The summed E-state index contributed by atoms with van der Waals surface area (Å²) < 4.78 is 0. The molecule has 0 unspecified atom stereocenters. The summed E-state index contributed by atoms with van der Waals surface area (Å²) in [7, 11) is 0. The van der Waals surface area contributed by atoms with Crippen LogP contribution in [-0.4, -0.2) is 17.8 Å². The maximum Gasteiger partial charge on any atom is 0.0582 e. The van der Waals surface area contributed by atoms with Gasteiger partial charge in [0.05, 0.1) is 6.61 Å². The zero-order valence-corrected chi connectivity index (χ0v) is 10.5. The van der Waals surface area contributed by atoms with Crippen LogP contribution in [0.3, 0.4) is 0 Å². The highest BCUT2D eigenvalue weighted by molar-refractivity contribution is 5.22. The highest BCUT2D eigenvalue weighted by Gasteiger charge is 2.00. The first-order valence-corrected chi connectivity index (χ1v) is 6.04. The first-order chi connectivity index (χ1) is 7.61. The first-order valence-electron chi connectivity index (χ1n) is 6.04. The fraction of sp³-hybridized carbons (Fsp3) is 0.571. The summed E-state index contributed by atoms with van der Waals surface area (Å²) in [4.78, 5) is 0. The summed E-state index contributed by atoms with van der Waals surface area (Å²) in [5, 5.41) is 12.2. The Kier molecular flexibility index (Phi) is 5.50. The lowest BCUT2D eigenvalue weighted by Gasteiger charge is -2.11. The molecule has 0 saturated heterocycles. The van der Waals surface area contributed by atoms with Crippen LogP contribution in [0, 0.1) is 5.92 Å². The zero-order valence-electron chi connectivity index (χ0n) is 10.5. The van der Waals surface area contributed by atoms with E-state index in [4.69, 9.17) is 5.11 Å². The average Bonchev–Trinajstić information content (AvgIpc) is 2.27. The minimum atomic E-state index is 0.162. The van der Waals surface area contributed by atoms with Crippen LogP contribution in [0.2, 0.25) is 0 Å². The predicted molar refractivity (Wildman–Crippen MR) is 68.4 cm³/mol. The fourth-order valence-electron chi connectivity index (χ4n) is 1.62. The molecule has 1 aromatic carbocycles. The molecule has 0 fully saturated rings. The summed E-state index contributed by atoms with van der Waals surface area (Å²) in [6, 6.07) is 8.88. The quantitative estimate of drug-likeness (QED) is 0.773. The molecule has 90 valence electrons. The summed E-state index contributed by atoms with van der Waals surface area (Å²) in [6.07, 6.45) is 1.14. The highest BCUT2D eigenvalue weighted by Crippen LogP contribution is 2.09. The lowest BCUT2D eigenvalue weighted by Crippen LogP contribution is -2.28. The molecule has 2 heteroatoms. The third-order valence-electron chi connectivity index (χ3n) is 2.60. The molecule has 0 aliphatic carbocycles. The Morgan fingerprint density at radius 3 is 2.12 bits per heavy atom. The van der Waals surface area contributed by atoms with Gasteiger partial charge in [0.1, 0.15) is 0 Å². The van der Waals surface area contributed by atoms with E-state index in [0.717, 1.165) is 13.0 Å². The molecule has 2 nitrogen and oxygen atoms in total. The summed E-state index contributed by atoms with van der Waals surface area (Å²) in [5.41, 5.74) is 2.67. The van der Waals surface area contributed by atoms with Gasteiger partial charge in [0.15, 0.2) is 0 Å². The van der Waals surface area contributed by atoms with Crippen molar-refractivity contribution >= 4 is 0 Å². The minimum Gasteiger partial charge on any atom is -0.395 e. The normalized spacial score (nSPS) is 13.1. The summed E-state index contributed by atoms with van der Waals surface area (Å²) in [6.45, 7) is 7.46. The molecular weight excluding hydrogens is 198 g/mol. The number of aliphatic hydroxyl groups excluding tert-OH is 1. The molecule has 0 aliphatic rings. The topological polar surface area (TPSA) is 32.3 Å². The van der Waals surface area contributed by atoms with Crippen molar-refractivity contribution in [3.8, 4) is 0 Å². The second-order valence-corrected chi connectivity index (χ2v) is 4.88. The van der Waals surface area contributed by atoms with Crippen LogP contribution >= 0.6 is 0 Å². The molecule has 0 bridgehead atoms. The van der Waals surface area contributed by atoms with E-state index < -0.39 is 0 Å². The summed E-state index contributed by atoms with van der Waals surface area (Å²) in [5.74, 6) is 0.707. The van der Waals surface area contributed by atoms with Gasteiger partial charge >= 0.3 is 0 Å². The van der Waals surface area contributed by atoms with Gasteiger partial charge in [-0.3, -0.25) is 0 Å². The first kappa shape index (κ1) is 13.2. The standard InChI is InChI=1S/C14H23NO/c1-11(2)8-13-4-6-14(7-5-13)9-15-12(3)10-16/h4-7,11-12,15-16H,8-10H2,1-3H3/t12-/m1/s1. The van der Waals surface area contributed by atoms with Crippen molar-refractivity contribution in [3.63, 3.8) is 0 Å². The Morgan fingerprint density at radius 1 is 1.06 bits per heavy atom. The van der Waals surface area contributed by atoms with Crippen LogP contribution in [-0.2, 0) is 13.0 Å². The van der Waals surface area contributed by atoms with Crippen molar-refractivity contribution in [2.75, 3.05) is 6.61 Å². The second kappa shape index (κ2) is 6.66.